The molecule has 0 aromatic carbocycles. The third kappa shape index (κ3) is 3.39. The third-order valence-electron chi connectivity index (χ3n) is 4.73. The van der Waals surface area contributed by atoms with Crippen LogP contribution in [0.1, 0.15) is 34.9 Å². The zero-order chi connectivity index (χ0) is 17.9. The molecule has 4 rings (SSSR count). The maximum absolute atomic E-state index is 12.6. The molecule has 1 aliphatic heterocycles. The number of nitrogens with one attached hydrogen (secondary N) is 2. The number of amides is 1. The number of nitrogens with zero attached hydrogens (tertiary/aromatic N) is 3. The molecule has 7 heteroatoms. The first-order valence-electron chi connectivity index (χ1n) is 8.75. The zero-order valence-corrected chi connectivity index (χ0v) is 14.6. The van der Waals surface area contributed by atoms with Crippen LogP contribution < -0.4 is 10.6 Å². The number of furan rings is 1. The summed E-state index contributed by atoms with van der Waals surface area (Å²) in [5.74, 6) is 0.982. The van der Waals surface area contributed by atoms with E-state index in [1.54, 1.807) is 16.9 Å². The number of carbonyl (C=O) groups excluding carboxylic acids is 1. The van der Waals surface area contributed by atoms with Gasteiger partial charge in [0.1, 0.15) is 5.82 Å². The summed E-state index contributed by atoms with van der Waals surface area (Å²) in [6, 6.07) is 5.66. The number of pyridine rings is 1. The Labute approximate surface area is 151 Å². The van der Waals surface area contributed by atoms with E-state index in [9.17, 15) is 4.79 Å². The van der Waals surface area contributed by atoms with Gasteiger partial charge in [0.25, 0.3) is 5.91 Å². The van der Waals surface area contributed by atoms with Crippen molar-refractivity contribution in [2.75, 3.05) is 18.4 Å². The van der Waals surface area contributed by atoms with Crippen molar-refractivity contribution in [1.82, 2.24) is 20.1 Å². The number of hydrogen-bond acceptors (Lipinski definition) is 5. The van der Waals surface area contributed by atoms with Gasteiger partial charge in [0, 0.05) is 30.6 Å². The second-order valence-corrected chi connectivity index (χ2v) is 6.52. The van der Waals surface area contributed by atoms with Gasteiger partial charge in [-0.1, -0.05) is 6.07 Å². The number of hydrogen-bond donors (Lipinski definition) is 2. The standard InChI is InChI=1S/C19H21N5O2/c1-24-12-15(11-22-24)16-6-9-26-18(16)19(25)23-17-3-2-14(10-21-17)13-4-7-20-8-5-13/h2-3,6,9-13,20H,4-5,7-8H2,1H3,(H,21,23,25). The molecule has 1 amide bonds. The van der Waals surface area contributed by atoms with Crippen LogP contribution in [0, 0.1) is 0 Å². The second kappa shape index (κ2) is 7.13. The Morgan fingerprint density at radius 3 is 2.81 bits per heavy atom. The van der Waals surface area contributed by atoms with Gasteiger partial charge in [-0.05, 0) is 49.5 Å². The van der Waals surface area contributed by atoms with Crippen LogP contribution in [-0.2, 0) is 7.05 Å². The molecule has 0 spiro atoms. The van der Waals surface area contributed by atoms with E-state index in [0.29, 0.717) is 17.3 Å². The third-order valence-corrected chi connectivity index (χ3v) is 4.73. The van der Waals surface area contributed by atoms with E-state index in [1.807, 2.05) is 31.6 Å². The minimum atomic E-state index is -0.323. The highest BCUT2D eigenvalue weighted by Gasteiger charge is 2.19. The van der Waals surface area contributed by atoms with Gasteiger partial charge >= 0.3 is 0 Å². The van der Waals surface area contributed by atoms with Crippen LogP contribution in [0.25, 0.3) is 11.1 Å². The van der Waals surface area contributed by atoms with Gasteiger partial charge in [-0.15, -0.1) is 0 Å². The first kappa shape index (κ1) is 16.5. The van der Waals surface area contributed by atoms with Gasteiger partial charge in [-0.25, -0.2) is 4.98 Å². The lowest BCUT2D eigenvalue weighted by Crippen LogP contribution is -2.26. The molecule has 26 heavy (non-hydrogen) atoms. The molecule has 1 saturated heterocycles. The van der Waals surface area contributed by atoms with E-state index in [2.05, 4.69) is 20.7 Å². The molecule has 2 N–H and O–H groups in total. The minimum Gasteiger partial charge on any atom is -0.458 e. The largest absolute Gasteiger partial charge is 0.458 e. The summed E-state index contributed by atoms with van der Waals surface area (Å²) < 4.78 is 7.08. The number of carbonyl (C=O) groups is 1. The van der Waals surface area contributed by atoms with E-state index in [1.165, 1.54) is 11.8 Å². The Morgan fingerprint density at radius 1 is 1.27 bits per heavy atom. The maximum Gasteiger partial charge on any atom is 0.293 e. The van der Waals surface area contributed by atoms with Gasteiger partial charge < -0.3 is 15.1 Å². The Kier molecular flexibility index (Phi) is 4.53. The van der Waals surface area contributed by atoms with Crippen molar-refractivity contribution < 1.29 is 9.21 Å². The van der Waals surface area contributed by atoms with E-state index >= 15 is 0 Å². The van der Waals surface area contributed by atoms with Crippen molar-refractivity contribution in [2.45, 2.75) is 18.8 Å². The highest BCUT2D eigenvalue weighted by Crippen LogP contribution is 2.27. The van der Waals surface area contributed by atoms with Crippen molar-refractivity contribution in [3.8, 4) is 11.1 Å². The summed E-state index contributed by atoms with van der Waals surface area (Å²) >= 11 is 0. The summed E-state index contributed by atoms with van der Waals surface area (Å²) in [6.45, 7) is 2.08. The molecular weight excluding hydrogens is 330 g/mol. The molecule has 0 aliphatic carbocycles. The molecule has 0 atom stereocenters. The van der Waals surface area contributed by atoms with E-state index in [4.69, 9.17) is 4.42 Å². The van der Waals surface area contributed by atoms with Crippen LogP contribution in [0.3, 0.4) is 0 Å². The normalized spacial score (nSPS) is 15.1. The van der Waals surface area contributed by atoms with Crippen LogP contribution in [0.15, 0.2) is 47.5 Å². The summed E-state index contributed by atoms with van der Waals surface area (Å²) in [6.07, 6.45) is 9.14. The van der Waals surface area contributed by atoms with Gasteiger partial charge in [-0.3, -0.25) is 9.48 Å². The summed E-state index contributed by atoms with van der Waals surface area (Å²) in [5.41, 5.74) is 2.76. The SMILES string of the molecule is Cn1cc(-c2ccoc2C(=O)Nc2ccc(C3CCNCC3)cn2)cn1. The second-order valence-electron chi connectivity index (χ2n) is 6.52. The first-order valence-corrected chi connectivity index (χ1v) is 8.75. The highest BCUT2D eigenvalue weighted by atomic mass is 16.3. The monoisotopic (exact) mass is 351 g/mol. The van der Waals surface area contributed by atoms with Crippen molar-refractivity contribution in [1.29, 1.82) is 0 Å². The molecule has 1 aliphatic rings. The predicted molar refractivity (Wildman–Crippen MR) is 97.9 cm³/mol. The first-order chi connectivity index (χ1) is 12.7. The Balaban J connectivity index is 1.48. The molecule has 0 unspecified atom stereocenters. The van der Waals surface area contributed by atoms with Crippen LogP contribution in [0.2, 0.25) is 0 Å². The fraction of sp³-hybridized carbons (Fsp3) is 0.316. The van der Waals surface area contributed by atoms with Crippen LogP contribution in [-0.4, -0.2) is 33.8 Å². The zero-order valence-electron chi connectivity index (χ0n) is 14.6. The number of anilines is 1. The van der Waals surface area contributed by atoms with Crippen LogP contribution in [0.5, 0.6) is 0 Å². The molecular formula is C19H21N5O2. The fourth-order valence-electron chi connectivity index (χ4n) is 3.32. The highest BCUT2D eigenvalue weighted by molar-refractivity contribution is 6.06. The van der Waals surface area contributed by atoms with E-state index < -0.39 is 0 Å². The number of aromatic nitrogens is 3. The molecule has 4 heterocycles. The molecule has 3 aromatic heterocycles. The summed E-state index contributed by atoms with van der Waals surface area (Å²) in [4.78, 5) is 17.0. The van der Waals surface area contributed by atoms with E-state index in [-0.39, 0.29) is 11.7 Å². The predicted octanol–water partition coefficient (Wildman–Crippen LogP) is 2.79. The Bertz CT molecular complexity index is 891. The Morgan fingerprint density at radius 2 is 2.12 bits per heavy atom. The molecule has 0 saturated carbocycles. The van der Waals surface area contributed by atoms with Gasteiger partial charge in [0.05, 0.1) is 12.5 Å². The molecule has 7 nitrogen and oxygen atoms in total. The molecule has 1 fully saturated rings. The smallest absolute Gasteiger partial charge is 0.293 e. The van der Waals surface area contributed by atoms with Gasteiger partial charge in [-0.2, -0.15) is 5.10 Å². The molecule has 3 aromatic rings. The average Bonchev–Trinajstić information content (AvgIpc) is 3.32. The lowest BCUT2D eigenvalue weighted by atomic mass is 9.91. The quantitative estimate of drug-likeness (QED) is 0.755. The number of rotatable bonds is 4. The lowest BCUT2D eigenvalue weighted by Gasteiger charge is -2.22. The van der Waals surface area contributed by atoms with E-state index in [0.717, 1.165) is 31.5 Å². The van der Waals surface area contributed by atoms with Crippen molar-refractivity contribution in [3.05, 3.63) is 54.4 Å². The lowest BCUT2D eigenvalue weighted by molar-refractivity contribution is 0.0997. The van der Waals surface area contributed by atoms with Crippen molar-refractivity contribution in [2.24, 2.45) is 7.05 Å². The number of aryl methyl sites for hydroxylation is 1. The van der Waals surface area contributed by atoms with Crippen LogP contribution in [0.4, 0.5) is 5.82 Å². The number of piperidine rings is 1. The van der Waals surface area contributed by atoms with Gasteiger partial charge in [0.15, 0.2) is 5.76 Å². The molecule has 0 radical (unpaired) electrons. The van der Waals surface area contributed by atoms with Crippen molar-refractivity contribution >= 4 is 11.7 Å². The topological polar surface area (TPSA) is 85.0 Å². The van der Waals surface area contributed by atoms with Gasteiger partial charge in [0.2, 0.25) is 0 Å². The van der Waals surface area contributed by atoms with Crippen molar-refractivity contribution in [3.63, 3.8) is 0 Å². The Hall–Kier alpha value is -2.93. The van der Waals surface area contributed by atoms with Crippen LogP contribution >= 0.6 is 0 Å². The fourth-order valence-corrected chi connectivity index (χ4v) is 3.32. The maximum atomic E-state index is 12.6. The minimum absolute atomic E-state index is 0.252. The summed E-state index contributed by atoms with van der Waals surface area (Å²) in [5, 5.41) is 10.3. The summed E-state index contributed by atoms with van der Waals surface area (Å²) in [7, 11) is 1.83. The molecule has 0 bridgehead atoms. The molecule has 134 valence electrons. The average molecular weight is 351 g/mol.